The molecule has 0 saturated carbocycles. The Bertz CT molecular complexity index is 1030. The summed E-state index contributed by atoms with van der Waals surface area (Å²) in [4.78, 5) is 0. The van der Waals surface area contributed by atoms with Crippen molar-refractivity contribution in [2.75, 3.05) is 0 Å². The van der Waals surface area contributed by atoms with E-state index in [4.69, 9.17) is 0 Å². The first-order valence-electron chi connectivity index (χ1n) is 7.05. The van der Waals surface area contributed by atoms with Crippen molar-refractivity contribution in [3.8, 4) is 0 Å². The van der Waals surface area contributed by atoms with Gasteiger partial charge >= 0.3 is 7.12 Å². The van der Waals surface area contributed by atoms with Gasteiger partial charge in [-0.05, 0) is 43.8 Å². The highest BCUT2D eigenvalue weighted by atomic mass is 79.9. The summed E-state index contributed by atoms with van der Waals surface area (Å²) in [5, 5.41) is 25.7. The van der Waals surface area contributed by atoms with Crippen LogP contribution in [0.15, 0.2) is 65.1 Å². The Morgan fingerprint density at radius 1 is 0.636 bits per heavy atom. The monoisotopic (exact) mass is 350 g/mol. The van der Waals surface area contributed by atoms with Crippen molar-refractivity contribution in [2.24, 2.45) is 0 Å². The van der Waals surface area contributed by atoms with Gasteiger partial charge < -0.3 is 10.0 Å². The van der Waals surface area contributed by atoms with Crippen molar-refractivity contribution in [1.82, 2.24) is 0 Å². The van der Waals surface area contributed by atoms with Crippen LogP contribution in [0, 0.1) is 0 Å². The molecule has 0 unspecified atom stereocenters. The lowest BCUT2D eigenvalue weighted by atomic mass is 9.75. The fourth-order valence-corrected chi connectivity index (χ4v) is 3.72. The first-order valence-corrected chi connectivity index (χ1v) is 7.85. The standard InChI is InChI=1S/C18H12BBrO2/c20-18-10-16-11-5-1-3-7-13(11)17(19(21)22)9-15(16)12-6-2-4-8-14(12)18/h1-10,21-22H. The lowest BCUT2D eigenvalue weighted by molar-refractivity contribution is 0.426. The van der Waals surface area contributed by atoms with Gasteiger partial charge in [-0.2, -0.15) is 0 Å². The van der Waals surface area contributed by atoms with E-state index in [0.717, 1.165) is 36.8 Å². The average Bonchev–Trinajstić information content (AvgIpc) is 2.54. The second-order valence-corrected chi connectivity index (χ2v) is 6.24. The average molecular weight is 351 g/mol. The molecule has 0 aromatic heterocycles. The highest BCUT2D eigenvalue weighted by Crippen LogP contribution is 2.35. The molecule has 0 bridgehead atoms. The van der Waals surface area contributed by atoms with Crippen LogP contribution in [-0.2, 0) is 0 Å². The third-order valence-corrected chi connectivity index (χ3v) is 4.80. The van der Waals surface area contributed by atoms with E-state index in [0.29, 0.717) is 5.46 Å². The van der Waals surface area contributed by atoms with E-state index in [1.165, 1.54) is 0 Å². The van der Waals surface area contributed by atoms with Crippen LogP contribution < -0.4 is 5.46 Å². The fraction of sp³-hybridized carbons (Fsp3) is 0. The molecule has 0 aliphatic heterocycles. The zero-order valence-electron chi connectivity index (χ0n) is 11.6. The van der Waals surface area contributed by atoms with Crippen LogP contribution in [0.5, 0.6) is 0 Å². The lowest BCUT2D eigenvalue weighted by Gasteiger charge is -2.13. The van der Waals surface area contributed by atoms with E-state index in [-0.39, 0.29) is 0 Å². The van der Waals surface area contributed by atoms with Crippen LogP contribution in [0.3, 0.4) is 0 Å². The van der Waals surface area contributed by atoms with Gasteiger partial charge in [0.05, 0.1) is 0 Å². The Hall–Kier alpha value is -1.88. The molecule has 0 saturated heterocycles. The Kier molecular flexibility index (Phi) is 3.19. The van der Waals surface area contributed by atoms with Gasteiger partial charge in [-0.3, -0.25) is 0 Å². The second kappa shape index (κ2) is 5.09. The summed E-state index contributed by atoms with van der Waals surface area (Å²) in [6.07, 6.45) is 0. The molecule has 2 N–H and O–H groups in total. The molecule has 0 atom stereocenters. The topological polar surface area (TPSA) is 40.5 Å². The largest absolute Gasteiger partial charge is 0.489 e. The minimum Gasteiger partial charge on any atom is -0.423 e. The fourth-order valence-electron chi connectivity index (χ4n) is 3.15. The predicted molar refractivity (Wildman–Crippen MR) is 96.5 cm³/mol. The van der Waals surface area contributed by atoms with Crippen molar-refractivity contribution in [2.45, 2.75) is 0 Å². The van der Waals surface area contributed by atoms with Crippen LogP contribution in [-0.4, -0.2) is 17.2 Å². The molecule has 0 radical (unpaired) electrons. The van der Waals surface area contributed by atoms with Gasteiger partial charge in [0, 0.05) is 4.47 Å². The molecule has 4 aromatic rings. The molecule has 22 heavy (non-hydrogen) atoms. The van der Waals surface area contributed by atoms with Gasteiger partial charge in [-0.1, -0.05) is 70.5 Å². The van der Waals surface area contributed by atoms with Crippen molar-refractivity contribution in [1.29, 1.82) is 0 Å². The van der Waals surface area contributed by atoms with Gasteiger partial charge in [0.1, 0.15) is 0 Å². The van der Waals surface area contributed by atoms with Crippen molar-refractivity contribution in [3.63, 3.8) is 0 Å². The van der Waals surface area contributed by atoms with Crippen LogP contribution >= 0.6 is 15.9 Å². The number of rotatable bonds is 1. The van der Waals surface area contributed by atoms with Gasteiger partial charge in [0.2, 0.25) is 0 Å². The van der Waals surface area contributed by atoms with E-state index < -0.39 is 7.12 Å². The molecule has 0 aliphatic carbocycles. The van der Waals surface area contributed by atoms with E-state index in [1.54, 1.807) is 0 Å². The summed E-state index contributed by atoms with van der Waals surface area (Å²) < 4.78 is 1.04. The van der Waals surface area contributed by atoms with Crippen molar-refractivity contribution < 1.29 is 10.0 Å². The molecule has 2 nitrogen and oxygen atoms in total. The summed E-state index contributed by atoms with van der Waals surface area (Å²) in [5.74, 6) is 0. The van der Waals surface area contributed by atoms with Crippen LogP contribution in [0.25, 0.3) is 32.3 Å². The molecule has 0 fully saturated rings. The normalized spacial score (nSPS) is 11.4. The molecule has 0 heterocycles. The summed E-state index contributed by atoms with van der Waals surface area (Å²) in [6.45, 7) is 0. The van der Waals surface area contributed by atoms with E-state index >= 15 is 0 Å². The number of hydrogen-bond donors (Lipinski definition) is 2. The first-order chi connectivity index (χ1) is 10.7. The Labute approximate surface area is 136 Å². The second-order valence-electron chi connectivity index (χ2n) is 5.38. The van der Waals surface area contributed by atoms with E-state index in [9.17, 15) is 10.0 Å². The molecule has 4 heteroatoms. The lowest BCUT2D eigenvalue weighted by Crippen LogP contribution is -2.30. The van der Waals surface area contributed by atoms with Gasteiger partial charge in [-0.15, -0.1) is 0 Å². The summed E-state index contributed by atoms with van der Waals surface area (Å²) in [7, 11) is -1.49. The summed E-state index contributed by atoms with van der Waals surface area (Å²) in [5.41, 5.74) is 0.538. The minimum absolute atomic E-state index is 0.538. The maximum atomic E-state index is 9.75. The Balaban J connectivity index is 2.32. The predicted octanol–water partition coefficient (Wildman–Crippen LogP) is 3.59. The maximum Gasteiger partial charge on any atom is 0.489 e. The van der Waals surface area contributed by atoms with Gasteiger partial charge in [0.25, 0.3) is 0 Å². The number of benzene rings is 4. The first kappa shape index (κ1) is 13.8. The quantitative estimate of drug-likeness (QED) is 0.407. The Morgan fingerprint density at radius 2 is 1.14 bits per heavy atom. The van der Waals surface area contributed by atoms with E-state index in [2.05, 4.69) is 34.1 Å². The van der Waals surface area contributed by atoms with Crippen molar-refractivity contribution in [3.05, 3.63) is 65.1 Å². The molecule has 0 spiro atoms. The molecular formula is C18H12BBrO2. The zero-order valence-corrected chi connectivity index (χ0v) is 13.2. The molecule has 4 aromatic carbocycles. The molecule has 0 amide bonds. The number of fused-ring (bicyclic) bond motifs is 5. The van der Waals surface area contributed by atoms with E-state index in [1.807, 2.05) is 42.5 Å². The third kappa shape index (κ3) is 1.96. The van der Waals surface area contributed by atoms with Crippen molar-refractivity contribution >= 4 is 60.8 Å². The molecule has 106 valence electrons. The van der Waals surface area contributed by atoms with Crippen LogP contribution in [0.1, 0.15) is 0 Å². The summed E-state index contributed by atoms with van der Waals surface area (Å²) >= 11 is 3.65. The van der Waals surface area contributed by atoms with Gasteiger partial charge in [-0.25, -0.2) is 0 Å². The highest BCUT2D eigenvalue weighted by Gasteiger charge is 2.18. The number of halogens is 1. The molecular weight excluding hydrogens is 339 g/mol. The highest BCUT2D eigenvalue weighted by molar-refractivity contribution is 9.10. The van der Waals surface area contributed by atoms with Gasteiger partial charge in [0.15, 0.2) is 0 Å². The Morgan fingerprint density at radius 3 is 1.77 bits per heavy atom. The number of hydrogen-bond acceptors (Lipinski definition) is 2. The minimum atomic E-state index is -1.49. The molecule has 0 aliphatic rings. The van der Waals surface area contributed by atoms with Crippen LogP contribution in [0.4, 0.5) is 0 Å². The molecule has 4 rings (SSSR count). The maximum absolute atomic E-state index is 9.75. The smallest absolute Gasteiger partial charge is 0.423 e. The zero-order chi connectivity index (χ0) is 15.3. The van der Waals surface area contributed by atoms with Crippen LogP contribution in [0.2, 0.25) is 0 Å². The third-order valence-electron chi connectivity index (χ3n) is 4.14. The summed E-state index contributed by atoms with van der Waals surface area (Å²) in [6, 6.07) is 19.9. The SMILES string of the molecule is OB(O)c1cc2c3ccccc3c(Br)cc2c2ccccc12.